The van der Waals surface area contributed by atoms with Crippen LogP contribution in [0.15, 0.2) is 85.2 Å². The van der Waals surface area contributed by atoms with Gasteiger partial charge in [0.25, 0.3) is 0 Å². The Labute approximate surface area is 267 Å². The third-order valence-electron chi connectivity index (χ3n) is 7.05. The maximum atomic E-state index is 15.2. The number of hydrogen-bond donors (Lipinski definition) is 2. The second kappa shape index (κ2) is 14.7. The molecule has 0 saturated carbocycles. The topological polar surface area (TPSA) is 88.6 Å². The van der Waals surface area contributed by atoms with Crippen LogP contribution in [0.3, 0.4) is 0 Å². The third-order valence-corrected chi connectivity index (χ3v) is 8.21. The molecular formula is C33H31F4N5O3S. The summed E-state index contributed by atoms with van der Waals surface area (Å²) in [5.41, 5.74) is 2.69. The van der Waals surface area contributed by atoms with Crippen molar-refractivity contribution in [1.82, 2.24) is 15.3 Å². The van der Waals surface area contributed by atoms with Crippen LogP contribution in [-0.2, 0) is 16.1 Å². The van der Waals surface area contributed by atoms with E-state index >= 15 is 4.39 Å². The predicted molar refractivity (Wildman–Crippen MR) is 171 cm³/mol. The summed E-state index contributed by atoms with van der Waals surface area (Å²) in [6.07, 6.45) is -2.33. The average molecular weight is 654 g/mol. The minimum atomic E-state index is -4.77. The molecule has 0 radical (unpaired) electrons. The molecule has 3 heterocycles. The molecule has 0 aliphatic heterocycles. The number of pyridine rings is 2. The van der Waals surface area contributed by atoms with E-state index in [0.717, 1.165) is 33.6 Å². The summed E-state index contributed by atoms with van der Waals surface area (Å²) in [5, 5.41) is 5.53. The van der Waals surface area contributed by atoms with Gasteiger partial charge in [0, 0.05) is 63.1 Å². The number of methoxy groups -OCH3 is 1. The second-order valence-corrected chi connectivity index (χ2v) is 11.4. The number of carbonyl (C=O) groups is 1. The van der Waals surface area contributed by atoms with E-state index in [1.807, 2.05) is 18.2 Å². The van der Waals surface area contributed by atoms with E-state index in [1.54, 1.807) is 49.7 Å². The number of amides is 1. The van der Waals surface area contributed by atoms with Crippen LogP contribution in [0.5, 0.6) is 11.5 Å². The lowest BCUT2D eigenvalue weighted by molar-refractivity contribution is -0.149. The number of anilines is 2. The summed E-state index contributed by atoms with van der Waals surface area (Å²) in [4.78, 5) is 23.6. The normalized spacial score (nSPS) is 12.2. The first kappa shape index (κ1) is 32.8. The number of thiophene rings is 1. The molecule has 1 unspecified atom stereocenters. The molecular weight excluding hydrogens is 622 g/mol. The van der Waals surface area contributed by atoms with Crippen LogP contribution in [0.25, 0.3) is 20.8 Å². The van der Waals surface area contributed by atoms with Crippen molar-refractivity contribution in [2.24, 2.45) is 0 Å². The van der Waals surface area contributed by atoms with E-state index in [2.05, 4.69) is 20.6 Å². The number of carbonyl (C=O) groups excluding carboxylic acids is 1. The molecule has 0 aliphatic rings. The van der Waals surface area contributed by atoms with Gasteiger partial charge in [0.05, 0.1) is 33.8 Å². The number of hydrogen-bond acceptors (Lipinski definition) is 8. The molecule has 0 bridgehead atoms. The van der Waals surface area contributed by atoms with Gasteiger partial charge in [-0.15, -0.1) is 11.3 Å². The van der Waals surface area contributed by atoms with Crippen molar-refractivity contribution in [1.29, 1.82) is 0 Å². The van der Waals surface area contributed by atoms with Gasteiger partial charge < -0.3 is 25.0 Å². The average Bonchev–Trinajstić information content (AvgIpc) is 3.49. The van der Waals surface area contributed by atoms with E-state index in [9.17, 15) is 18.0 Å². The van der Waals surface area contributed by atoms with Crippen LogP contribution in [-0.4, -0.2) is 55.4 Å². The molecule has 13 heteroatoms. The van der Waals surface area contributed by atoms with Gasteiger partial charge in [-0.05, 0) is 42.0 Å². The number of aromatic nitrogens is 2. The van der Waals surface area contributed by atoms with Crippen molar-refractivity contribution in [3.8, 4) is 22.1 Å². The van der Waals surface area contributed by atoms with Crippen molar-refractivity contribution >= 4 is 38.8 Å². The first-order valence-electron chi connectivity index (χ1n) is 14.3. The number of fused-ring (bicyclic) bond motifs is 1. The van der Waals surface area contributed by atoms with Gasteiger partial charge in [-0.3, -0.25) is 14.8 Å². The fourth-order valence-corrected chi connectivity index (χ4v) is 5.59. The summed E-state index contributed by atoms with van der Waals surface area (Å²) < 4.78 is 68.4. The Kier molecular flexibility index (Phi) is 10.5. The van der Waals surface area contributed by atoms with E-state index in [4.69, 9.17) is 9.47 Å². The van der Waals surface area contributed by atoms with E-state index in [1.165, 1.54) is 36.7 Å². The summed E-state index contributed by atoms with van der Waals surface area (Å²) in [7, 11) is 3.05. The number of rotatable bonds is 13. The van der Waals surface area contributed by atoms with Crippen molar-refractivity contribution in [3.05, 3.63) is 96.6 Å². The first-order valence-corrected chi connectivity index (χ1v) is 15.1. The summed E-state index contributed by atoms with van der Waals surface area (Å²) in [5.74, 6) is -1.47. The Morgan fingerprint density at radius 2 is 1.83 bits per heavy atom. The van der Waals surface area contributed by atoms with Gasteiger partial charge in [-0.1, -0.05) is 24.3 Å². The molecule has 0 spiro atoms. The molecule has 1 amide bonds. The van der Waals surface area contributed by atoms with Crippen LogP contribution in [0, 0.1) is 5.82 Å². The number of benzene rings is 2. The molecule has 240 valence electrons. The second-order valence-electron chi connectivity index (χ2n) is 10.3. The number of nitrogens with one attached hydrogen (secondary N) is 2. The van der Waals surface area contributed by atoms with Crippen LogP contribution < -0.4 is 20.3 Å². The Bertz CT molecular complexity index is 1770. The van der Waals surface area contributed by atoms with E-state index in [-0.39, 0.29) is 11.4 Å². The van der Waals surface area contributed by atoms with Gasteiger partial charge in [0.15, 0.2) is 11.6 Å². The first-order chi connectivity index (χ1) is 22.1. The Balaban J connectivity index is 1.28. The molecule has 8 nitrogen and oxygen atoms in total. The molecule has 1 atom stereocenters. The number of ether oxygens (including phenoxy) is 2. The van der Waals surface area contributed by atoms with Crippen LogP contribution >= 0.6 is 11.3 Å². The van der Waals surface area contributed by atoms with Gasteiger partial charge >= 0.3 is 6.18 Å². The monoisotopic (exact) mass is 653 g/mol. The fraction of sp³-hybridized carbons (Fsp3) is 0.242. The predicted octanol–water partition coefficient (Wildman–Crippen LogP) is 7.42. The lowest BCUT2D eigenvalue weighted by Gasteiger charge is -2.25. The maximum Gasteiger partial charge on any atom is 0.409 e. The van der Waals surface area contributed by atoms with Gasteiger partial charge in [0.1, 0.15) is 11.8 Å². The lowest BCUT2D eigenvalue weighted by atomic mass is 10.1. The van der Waals surface area contributed by atoms with Crippen molar-refractivity contribution in [2.75, 3.05) is 37.5 Å². The fourth-order valence-electron chi connectivity index (χ4n) is 4.55. The standard InChI is InChI=1S/C33H31F4N5O3S/c1-42(23-6-4-3-5-7-23)31(43)18-30(33(35,36)37)41-22-9-11-27(24(34)16-22)45-28-12-13-39-26-17-29(46-32(26)28)25-10-8-21(20-40-25)19-38-14-15-44-2/h3-13,16-17,20,30,38,41H,14-15,18-19H2,1-2H3. The molecule has 2 N–H and O–H groups in total. The summed E-state index contributed by atoms with van der Waals surface area (Å²) in [6, 6.07) is 16.9. The van der Waals surface area contributed by atoms with Crippen LogP contribution in [0.4, 0.5) is 28.9 Å². The highest BCUT2D eigenvalue weighted by Gasteiger charge is 2.41. The minimum Gasteiger partial charge on any atom is -0.453 e. The molecule has 5 aromatic rings. The lowest BCUT2D eigenvalue weighted by Crippen LogP contribution is -2.41. The minimum absolute atomic E-state index is 0.149. The Morgan fingerprint density at radius 3 is 2.52 bits per heavy atom. The van der Waals surface area contributed by atoms with Crippen LogP contribution in [0.2, 0.25) is 0 Å². The number of nitrogens with zero attached hydrogens (tertiary/aromatic N) is 3. The zero-order valence-electron chi connectivity index (χ0n) is 25.0. The number of alkyl halides is 3. The summed E-state index contributed by atoms with van der Waals surface area (Å²) >= 11 is 1.38. The molecule has 0 aliphatic carbocycles. The smallest absolute Gasteiger partial charge is 0.409 e. The zero-order chi connectivity index (χ0) is 32.7. The molecule has 3 aromatic heterocycles. The molecule has 0 fully saturated rings. The van der Waals surface area contributed by atoms with Gasteiger partial charge in [0.2, 0.25) is 5.91 Å². The van der Waals surface area contributed by atoms with Gasteiger partial charge in [-0.2, -0.15) is 13.2 Å². The quantitative estimate of drug-likeness (QED) is 0.101. The van der Waals surface area contributed by atoms with E-state index in [0.29, 0.717) is 34.8 Å². The van der Waals surface area contributed by atoms with Crippen molar-refractivity contribution in [2.45, 2.75) is 25.2 Å². The largest absolute Gasteiger partial charge is 0.453 e. The number of para-hydroxylation sites is 1. The van der Waals surface area contributed by atoms with E-state index < -0.39 is 30.4 Å². The molecule has 0 saturated heterocycles. The zero-order valence-corrected chi connectivity index (χ0v) is 25.8. The molecule has 2 aromatic carbocycles. The van der Waals surface area contributed by atoms with Crippen LogP contribution in [0.1, 0.15) is 12.0 Å². The Morgan fingerprint density at radius 1 is 1.02 bits per heavy atom. The van der Waals surface area contributed by atoms with Crippen molar-refractivity contribution < 1.29 is 31.8 Å². The summed E-state index contributed by atoms with van der Waals surface area (Å²) in [6.45, 7) is 2.00. The molecule has 46 heavy (non-hydrogen) atoms. The number of halogens is 4. The highest BCUT2D eigenvalue weighted by molar-refractivity contribution is 7.22. The third kappa shape index (κ3) is 8.16. The maximum absolute atomic E-state index is 15.2. The molecule has 5 rings (SSSR count). The SMILES string of the molecule is COCCNCc1ccc(-c2cc3nccc(Oc4ccc(NC(CC(=O)N(C)c5ccccc5)C(F)(F)F)cc4F)c3s2)nc1. The van der Waals surface area contributed by atoms with Crippen molar-refractivity contribution in [3.63, 3.8) is 0 Å². The van der Waals surface area contributed by atoms with Gasteiger partial charge in [-0.25, -0.2) is 4.39 Å². The highest BCUT2D eigenvalue weighted by Crippen LogP contribution is 2.39. The Hall–Kier alpha value is -4.59. The highest BCUT2D eigenvalue weighted by atomic mass is 32.1.